The molecule has 1 aromatic rings. The Morgan fingerprint density at radius 2 is 1.85 bits per heavy atom. The molecule has 1 rings (SSSR count). The highest BCUT2D eigenvalue weighted by Gasteiger charge is 2.37. The maximum atomic E-state index is 12.5. The number of hydrogen-bond donors (Lipinski definition) is 2. The molecule has 0 bridgehead atoms. The van der Waals surface area contributed by atoms with Crippen LogP contribution in [0.15, 0.2) is 24.5 Å². The van der Waals surface area contributed by atoms with E-state index in [1.807, 2.05) is 12.1 Å². The predicted octanol–water partition coefficient (Wildman–Crippen LogP) is 3.13. The highest BCUT2D eigenvalue weighted by atomic mass is 28.4. The smallest absolute Gasteiger partial charge is 0.325 e. The van der Waals surface area contributed by atoms with Crippen molar-refractivity contribution in [2.75, 3.05) is 19.7 Å². The van der Waals surface area contributed by atoms with Gasteiger partial charge in [0, 0.05) is 25.5 Å². The molecule has 0 aliphatic rings. The van der Waals surface area contributed by atoms with E-state index in [-0.39, 0.29) is 5.04 Å². The summed E-state index contributed by atoms with van der Waals surface area (Å²) in [4.78, 5) is 29.2. The lowest BCUT2D eigenvalue weighted by Crippen LogP contribution is -2.49. The second-order valence-corrected chi connectivity index (χ2v) is 13.0. The van der Waals surface area contributed by atoms with Gasteiger partial charge in [-0.3, -0.25) is 9.78 Å². The molecule has 8 heteroatoms. The van der Waals surface area contributed by atoms with Gasteiger partial charge in [0.15, 0.2) is 8.32 Å². The van der Waals surface area contributed by atoms with Crippen molar-refractivity contribution < 1.29 is 19.1 Å². The van der Waals surface area contributed by atoms with Crippen molar-refractivity contribution in [1.82, 2.24) is 15.2 Å². The molecule has 152 valence electrons. The van der Waals surface area contributed by atoms with Gasteiger partial charge in [0.05, 0.1) is 6.61 Å². The standard InChI is InChI=1S/C19H33N3O4Si/c1-15(17(23)24)21-18(25)22(12-9-16-7-10-20-11-8-16)13-14-26-27(5,6)19(2,3)4/h7-8,10-11,15H,9,12-14H2,1-6H3,(H,21,25)(H,23,24)/t15-/m0/s1. The minimum Gasteiger partial charge on any atom is -0.480 e. The summed E-state index contributed by atoms with van der Waals surface area (Å²) >= 11 is 0. The summed E-state index contributed by atoms with van der Waals surface area (Å²) in [5, 5.41) is 11.7. The predicted molar refractivity (Wildman–Crippen MR) is 108 cm³/mol. The molecule has 0 radical (unpaired) electrons. The van der Waals surface area contributed by atoms with Crippen molar-refractivity contribution in [1.29, 1.82) is 0 Å². The summed E-state index contributed by atoms with van der Waals surface area (Å²) < 4.78 is 6.17. The summed E-state index contributed by atoms with van der Waals surface area (Å²) in [6.07, 6.45) is 4.09. The maximum absolute atomic E-state index is 12.5. The second-order valence-electron chi connectivity index (χ2n) is 8.21. The number of carbonyl (C=O) groups is 2. The van der Waals surface area contributed by atoms with Gasteiger partial charge in [-0.2, -0.15) is 0 Å². The van der Waals surface area contributed by atoms with Crippen LogP contribution in [0.4, 0.5) is 4.79 Å². The lowest BCUT2D eigenvalue weighted by molar-refractivity contribution is -0.138. The van der Waals surface area contributed by atoms with Crippen LogP contribution in [0, 0.1) is 0 Å². The van der Waals surface area contributed by atoms with E-state index in [1.165, 1.54) is 6.92 Å². The van der Waals surface area contributed by atoms with Crippen LogP contribution in [-0.4, -0.2) is 61.0 Å². The Hall–Kier alpha value is -1.93. The SMILES string of the molecule is C[C@H](NC(=O)N(CCO[Si](C)(C)C(C)(C)C)CCc1ccncc1)C(=O)O. The van der Waals surface area contributed by atoms with Gasteiger partial charge in [0.25, 0.3) is 0 Å². The number of nitrogens with one attached hydrogen (secondary N) is 1. The number of amides is 2. The lowest BCUT2D eigenvalue weighted by Gasteiger charge is -2.37. The van der Waals surface area contributed by atoms with E-state index in [1.54, 1.807) is 17.3 Å². The van der Waals surface area contributed by atoms with Gasteiger partial charge in [-0.15, -0.1) is 0 Å². The Kier molecular flexibility index (Phi) is 8.42. The van der Waals surface area contributed by atoms with Crippen LogP contribution < -0.4 is 5.32 Å². The molecule has 0 saturated carbocycles. The van der Waals surface area contributed by atoms with Crippen LogP contribution in [0.5, 0.6) is 0 Å². The third kappa shape index (κ3) is 7.68. The summed E-state index contributed by atoms with van der Waals surface area (Å²) in [7, 11) is -1.90. The van der Waals surface area contributed by atoms with Crippen LogP contribution in [-0.2, 0) is 15.6 Å². The van der Waals surface area contributed by atoms with Crippen LogP contribution in [0.25, 0.3) is 0 Å². The molecule has 7 nitrogen and oxygen atoms in total. The lowest BCUT2D eigenvalue weighted by atomic mass is 10.2. The first-order valence-corrected chi connectivity index (χ1v) is 12.2. The Bertz CT molecular complexity index is 617. The molecule has 0 aromatic carbocycles. The summed E-state index contributed by atoms with van der Waals surface area (Å²) in [5.41, 5.74) is 1.07. The van der Waals surface area contributed by atoms with Gasteiger partial charge < -0.3 is 19.7 Å². The third-order valence-electron chi connectivity index (χ3n) is 5.05. The van der Waals surface area contributed by atoms with E-state index < -0.39 is 26.4 Å². The zero-order valence-electron chi connectivity index (χ0n) is 17.3. The number of nitrogens with zero attached hydrogens (tertiary/aromatic N) is 2. The number of carboxylic acid groups (broad SMARTS) is 1. The molecule has 0 saturated heterocycles. The van der Waals surface area contributed by atoms with Crippen molar-refractivity contribution in [3.63, 3.8) is 0 Å². The van der Waals surface area contributed by atoms with Crippen LogP contribution >= 0.6 is 0 Å². The molecule has 0 fully saturated rings. The number of pyridine rings is 1. The zero-order chi connectivity index (χ0) is 20.7. The average Bonchev–Trinajstić information content (AvgIpc) is 2.57. The number of carboxylic acids is 1. The first-order chi connectivity index (χ1) is 12.4. The van der Waals surface area contributed by atoms with Crippen molar-refractivity contribution >= 4 is 20.3 Å². The monoisotopic (exact) mass is 395 g/mol. The molecule has 1 heterocycles. The average molecular weight is 396 g/mol. The van der Waals surface area contributed by atoms with E-state index in [4.69, 9.17) is 9.53 Å². The third-order valence-corrected chi connectivity index (χ3v) is 9.59. The van der Waals surface area contributed by atoms with Crippen LogP contribution in [0.3, 0.4) is 0 Å². The first kappa shape index (κ1) is 23.1. The molecular formula is C19H33N3O4Si. The molecule has 27 heavy (non-hydrogen) atoms. The fourth-order valence-corrected chi connectivity index (χ4v) is 3.13. The molecule has 2 amide bonds. The minimum absolute atomic E-state index is 0.0922. The summed E-state index contributed by atoms with van der Waals surface area (Å²) in [5.74, 6) is -1.06. The molecule has 0 unspecified atom stereocenters. The Morgan fingerprint density at radius 3 is 2.37 bits per heavy atom. The van der Waals surface area contributed by atoms with E-state index in [2.05, 4.69) is 44.2 Å². The van der Waals surface area contributed by atoms with Crippen LogP contribution in [0.2, 0.25) is 18.1 Å². The Balaban J connectivity index is 2.71. The Labute approximate surface area is 163 Å². The number of rotatable bonds is 9. The van der Waals surface area contributed by atoms with Gasteiger partial charge in [0.2, 0.25) is 0 Å². The number of urea groups is 1. The number of carbonyl (C=O) groups excluding carboxylic acids is 1. The molecule has 1 atom stereocenters. The topological polar surface area (TPSA) is 91.8 Å². The van der Waals surface area contributed by atoms with Crippen molar-refractivity contribution in [2.24, 2.45) is 0 Å². The van der Waals surface area contributed by atoms with E-state index >= 15 is 0 Å². The number of aliphatic carboxylic acids is 1. The van der Waals surface area contributed by atoms with Gasteiger partial charge in [-0.1, -0.05) is 20.8 Å². The molecule has 2 N–H and O–H groups in total. The number of aromatic nitrogens is 1. The normalized spacial score (nSPS) is 13.1. The van der Waals surface area contributed by atoms with Crippen molar-refractivity contribution in [3.05, 3.63) is 30.1 Å². The molecule has 1 aromatic heterocycles. The summed E-state index contributed by atoms with van der Waals surface area (Å²) in [6.45, 7) is 13.6. The maximum Gasteiger partial charge on any atom is 0.325 e. The fourth-order valence-electron chi connectivity index (χ4n) is 2.09. The van der Waals surface area contributed by atoms with Gasteiger partial charge in [0.1, 0.15) is 6.04 Å². The molecule has 0 aliphatic heterocycles. The molecule has 0 aliphatic carbocycles. The molecule has 0 spiro atoms. The van der Waals surface area contributed by atoms with E-state index in [0.29, 0.717) is 26.1 Å². The van der Waals surface area contributed by atoms with E-state index in [0.717, 1.165) is 5.56 Å². The van der Waals surface area contributed by atoms with Crippen molar-refractivity contribution in [2.45, 2.75) is 58.3 Å². The Morgan fingerprint density at radius 1 is 1.26 bits per heavy atom. The van der Waals surface area contributed by atoms with Crippen LogP contribution in [0.1, 0.15) is 33.3 Å². The molecular weight excluding hydrogens is 362 g/mol. The van der Waals surface area contributed by atoms with E-state index in [9.17, 15) is 9.59 Å². The first-order valence-electron chi connectivity index (χ1n) is 9.25. The minimum atomic E-state index is -1.90. The zero-order valence-corrected chi connectivity index (χ0v) is 18.3. The fraction of sp³-hybridized carbons (Fsp3) is 0.632. The van der Waals surface area contributed by atoms with Crippen molar-refractivity contribution in [3.8, 4) is 0 Å². The second kappa shape index (κ2) is 9.84. The van der Waals surface area contributed by atoms with Gasteiger partial charge in [-0.25, -0.2) is 4.79 Å². The summed E-state index contributed by atoms with van der Waals surface area (Å²) in [6, 6.07) is 2.48. The number of hydrogen-bond acceptors (Lipinski definition) is 4. The quantitative estimate of drug-likeness (QED) is 0.627. The highest BCUT2D eigenvalue weighted by Crippen LogP contribution is 2.36. The van der Waals surface area contributed by atoms with Gasteiger partial charge in [-0.05, 0) is 49.2 Å². The largest absolute Gasteiger partial charge is 0.480 e. The van der Waals surface area contributed by atoms with Gasteiger partial charge >= 0.3 is 12.0 Å². The highest BCUT2D eigenvalue weighted by molar-refractivity contribution is 6.74.